The fourth-order valence-electron chi connectivity index (χ4n) is 2.98. The zero-order chi connectivity index (χ0) is 18.8. The zero-order valence-electron chi connectivity index (χ0n) is 15.3. The van der Waals surface area contributed by atoms with Crippen LogP contribution < -0.4 is 16.0 Å². The molecule has 0 bridgehead atoms. The van der Waals surface area contributed by atoms with Crippen LogP contribution in [0.2, 0.25) is 0 Å². The lowest BCUT2D eigenvalue weighted by molar-refractivity contribution is 0.456. The van der Waals surface area contributed by atoms with Gasteiger partial charge in [0.05, 0.1) is 5.69 Å². The van der Waals surface area contributed by atoms with Crippen molar-refractivity contribution >= 4 is 0 Å². The number of aromatic amines is 1. The predicted molar refractivity (Wildman–Crippen MR) is 101 cm³/mol. The van der Waals surface area contributed by atoms with E-state index in [4.69, 9.17) is 4.74 Å². The van der Waals surface area contributed by atoms with Crippen LogP contribution >= 0.6 is 0 Å². The number of rotatable bonds is 4. The van der Waals surface area contributed by atoms with Gasteiger partial charge in [-0.1, -0.05) is 13.0 Å². The van der Waals surface area contributed by atoms with Gasteiger partial charge in [0.1, 0.15) is 5.75 Å². The quantitative estimate of drug-likeness (QED) is 0.783. The van der Waals surface area contributed by atoms with Crippen molar-refractivity contribution in [2.75, 3.05) is 0 Å². The van der Waals surface area contributed by atoms with Crippen LogP contribution in [0.15, 0.2) is 46.1 Å². The minimum atomic E-state index is -0.434. The predicted octanol–water partition coefficient (Wildman–Crippen LogP) is 3.11. The minimum absolute atomic E-state index is 0.371. The van der Waals surface area contributed by atoms with Crippen LogP contribution in [0.1, 0.15) is 23.6 Å². The van der Waals surface area contributed by atoms with E-state index in [9.17, 15) is 9.59 Å². The third-order valence-corrected chi connectivity index (χ3v) is 4.45. The molecule has 1 aromatic carbocycles. The molecule has 6 heteroatoms. The zero-order valence-corrected chi connectivity index (χ0v) is 15.3. The Morgan fingerprint density at radius 1 is 1.19 bits per heavy atom. The molecule has 0 atom stereocenters. The maximum absolute atomic E-state index is 12.0. The smallest absolute Gasteiger partial charge is 0.328 e. The number of nitrogens with zero attached hydrogens (tertiary/aromatic N) is 2. The van der Waals surface area contributed by atoms with E-state index >= 15 is 0 Å². The van der Waals surface area contributed by atoms with Crippen LogP contribution in [0.3, 0.4) is 0 Å². The number of hydrogen-bond donors (Lipinski definition) is 1. The summed E-state index contributed by atoms with van der Waals surface area (Å²) >= 11 is 0. The first-order valence-corrected chi connectivity index (χ1v) is 8.45. The molecule has 6 nitrogen and oxygen atoms in total. The summed E-state index contributed by atoms with van der Waals surface area (Å²) in [4.78, 5) is 30.5. The SMILES string of the molecule is CCc1cccnc1Oc1ccc(-c2c(C)c(=O)[nH]c(=O)n2C)c(C)c1. The maximum atomic E-state index is 12.0. The molecule has 26 heavy (non-hydrogen) atoms. The molecule has 0 saturated heterocycles. The summed E-state index contributed by atoms with van der Waals surface area (Å²) in [7, 11) is 1.64. The normalized spacial score (nSPS) is 10.8. The van der Waals surface area contributed by atoms with Crippen molar-refractivity contribution in [2.45, 2.75) is 27.2 Å². The third kappa shape index (κ3) is 3.18. The fourth-order valence-corrected chi connectivity index (χ4v) is 2.98. The van der Waals surface area contributed by atoms with Crippen molar-refractivity contribution in [1.82, 2.24) is 14.5 Å². The van der Waals surface area contributed by atoms with E-state index in [1.165, 1.54) is 4.57 Å². The number of aromatic nitrogens is 3. The van der Waals surface area contributed by atoms with Gasteiger partial charge >= 0.3 is 5.69 Å². The number of H-pyrrole nitrogens is 1. The molecule has 0 radical (unpaired) electrons. The van der Waals surface area contributed by atoms with E-state index in [1.54, 1.807) is 20.2 Å². The maximum Gasteiger partial charge on any atom is 0.328 e. The van der Waals surface area contributed by atoms with E-state index in [1.807, 2.05) is 37.3 Å². The molecule has 3 rings (SSSR count). The van der Waals surface area contributed by atoms with Gasteiger partial charge in [0.15, 0.2) is 0 Å². The average molecular weight is 351 g/mol. The highest BCUT2D eigenvalue weighted by Crippen LogP contribution is 2.30. The summed E-state index contributed by atoms with van der Waals surface area (Å²) in [6.45, 7) is 5.68. The Morgan fingerprint density at radius 2 is 1.96 bits per heavy atom. The van der Waals surface area contributed by atoms with E-state index in [2.05, 4.69) is 16.9 Å². The van der Waals surface area contributed by atoms with Crippen molar-refractivity contribution in [1.29, 1.82) is 0 Å². The molecular formula is C20H21N3O3. The molecule has 0 saturated carbocycles. The summed E-state index contributed by atoms with van der Waals surface area (Å²) < 4.78 is 7.38. The van der Waals surface area contributed by atoms with Crippen LogP contribution in [-0.4, -0.2) is 14.5 Å². The molecule has 0 aliphatic rings. The molecule has 0 aliphatic carbocycles. The van der Waals surface area contributed by atoms with E-state index < -0.39 is 5.69 Å². The Kier molecular flexibility index (Phi) is 4.75. The molecule has 3 aromatic rings. The topological polar surface area (TPSA) is 77.0 Å². The number of benzene rings is 1. The molecule has 0 aliphatic heterocycles. The van der Waals surface area contributed by atoms with Gasteiger partial charge in [0.2, 0.25) is 5.88 Å². The van der Waals surface area contributed by atoms with Gasteiger partial charge in [0, 0.05) is 29.9 Å². The number of pyridine rings is 1. The Bertz CT molecular complexity index is 1050. The molecule has 2 aromatic heterocycles. The second-order valence-electron chi connectivity index (χ2n) is 6.19. The number of ether oxygens (including phenoxy) is 1. The van der Waals surface area contributed by atoms with Crippen molar-refractivity contribution < 1.29 is 4.74 Å². The molecule has 0 unspecified atom stereocenters. The van der Waals surface area contributed by atoms with Crippen molar-refractivity contribution in [2.24, 2.45) is 7.05 Å². The Balaban J connectivity index is 2.05. The molecule has 0 spiro atoms. The monoisotopic (exact) mass is 351 g/mol. The summed E-state index contributed by atoms with van der Waals surface area (Å²) in [6, 6.07) is 9.44. The van der Waals surface area contributed by atoms with Crippen LogP contribution in [0.4, 0.5) is 0 Å². The van der Waals surface area contributed by atoms with Gasteiger partial charge < -0.3 is 4.74 Å². The highest BCUT2D eigenvalue weighted by atomic mass is 16.5. The number of hydrogen-bond acceptors (Lipinski definition) is 4. The molecule has 134 valence electrons. The Labute approximate surface area is 151 Å². The van der Waals surface area contributed by atoms with Crippen molar-refractivity contribution in [3.05, 3.63) is 74.1 Å². The first-order chi connectivity index (χ1) is 12.4. The van der Waals surface area contributed by atoms with Crippen LogP contribution in [0.25, 0.3) is 11.3 Å². The van der Waals surface area contributed by atoms with Gasteiger partial charge in [0.25, 0.3) is 5.56 Å². The molecule has 0 amide bonds. The van der Waals surface area contributed by atoms with Crippen LogP contribution in [-0.2, 0) is 13.5 Å². The standard InChI is InChI=1S/C20H21N3O3/c1-5-14-7-6-10-21-19(14)26-15-8-9-16(12(2)11-15)17-13(3)18(24)22-20(25)23(17)4/h6-11H,5H2,1-4H3,(H,22,24,25). The van der Waals surface area contributed by atoms with Gasteiger partial charge in [-0.15, -0.1) is 0 Å². The second kappa shape index (κ2) is 7.00. The average Bonchev–Trinajstić information content (AvgIpc) is 2.62. The lowest BCUT2D eigenvalue weighted by Gasteiger charge is -2.15. The summed E-state index contributed by atoms with van der Waals surface area (Å²) in [6.07, 6.45) is 2.53. The lowest BCUT2D eigenvalue weighted by atomic mass is 10.0. The third-order valence-electron chi connectivity index (χ3n) is 4.45. The molecule has 0 fully saturated rings. The summed E-state index contributed by atoms with van der Waals surface area (Å²) in [5.41, 5.74) is 3.05. The first kappa shape index (κ1) is 17.7. The van der Waals surface area contributed by atoms with E-state index in [-0.39, 0.29) is 5.56 Å². The molecular weight excluding hydrogens is 330 g/mol. The van der Waals surface area contributed by atoms with Crippen LogP contribution in [0.5, 0.6) is 11.6 Å². The van der Waals surface area contributed by atoms with Crippen LogP contribution in [0, 0.1) is 13.8 Å². The van der Waals surface area contributed by atoms with Crippen molar-refractivity contribution in [3.63, 3.8) is 0 Å². The Morgan fingerprint density at radius 3 is 2.65 bits per heavy atom. The summed E-state index contributed by atoms with van der Waals surface area (Å²) in [5.74, 6) is 1.24. The van der Waals surface area contributed by atoms with Gasteiger partial charge in [-0.05, 0) is 50.1 Å². The molecule has 1 N–H and O–H groups in total. The fraction of sp³-hybridized carbons (Fsp3) is 0.250. The first-order valence-electron chi connectivity index (χ1n) is 8.45. The number of nitrogens with one attached hydrogen (secondary N) is 1. The second-order valence-corrected chi connectivity index (χ2v) is 6.19. The lowest BCUT2D eigenvalue weighted by Crippen LogP contribution is -2.31. The highest BCUT2D eigenvalue weighted by Gasteiger charge is 2.14. The van der Waals surface area contributed by atoms with E-state index in [0.717, 1.165) is 23.1 Å². The minimum Gasteiger partial charge on any atom is -0.439 e. The largest absolute Gasteiger partial charge is 0.439 e. The van der Waals surface area contributed by atoms with E-state index in [0.29, 0.717) is 22.9 Å². The van der Waals surface area contributed by atoms with Gasteiger partial charge in [-0.25, -0.2) is 9.78 Å². The Hall–Kier alpha value is -3.15. The van der Waals surface area contributed by atoms with Crippen molar-refractivity contribution in [3.8, 4) is 22.9 Å². The highest BCUT2D eigenvalue weighted by molar-refractivity contribution is 5.67. The van der Waals surface area contributed by atoms with Gasteiger partial charge in [-0.3, -0.25) is 14.3 Å². The number of aryl methyl sites for hydroxylation is 2. The molecule has 2 heterocycles. The summed E-state index contributed by atoms with van der Waals surface area (Å²) in [5, 5.41) is 0. The van der Waals surface area contributed by atoms with Gasteiger partial charge in [-0.2, -0.15) is 0 Å².